The van der Waals surface area contributed by atoms with E-state index in [2.05, 4.69) is 56.7 Å². The molecule has 2 aromatic heterocycles. The predicted molar refractivity (Wildman–Crippen MR) is 121 cm³/mol. The lowest BCUT2D eigenvalue weighted by Crippen LogP contribution is -2.09. The molecule has 0 fully saturated rings. The first-order chi connectivity index (χ1) is 13.5. The van der Waals surface area contributed by atoms with Gasteiger partial charge in [-0.3, -0.25) is 0 Å². The fourth-order valence-electron chi connectivity index (χ4n) is 3.72. The predicted octanol–water partition coefficient (Wildman–Crippen LogP) is 6.90. The fraction of sp³-hybridized carbons (Fsp3) is 0.364. The second-order valence-corrected chi connectivity index (χ2v) is 9.06. The van der Waals surface area contributed by atoms with Crippen molar-refractivity contribution in [2.45, 2.75) is 45.6 Å². The SMILES string of the molecule is COc1cc2nc(C)nc(N[C@H](C)c3cc(Br)cs3)c2cc1C1=CCCCC1. The summed E-state index contributed by atoms with van der Waals surface area (Å²) in [7, 11) is 1.73. The molecule has 146 valence electrons. The van der Waals surface area contributed by atoms with Crippen molar-refractivity contribution in [3.8, 4) is 5.75 Å². The Labute approximate surface area is 178 Å². The Morgan fingerprint density at radius 2 is 2.07 bits per heavy atom. The molecule has 0 saturated carbocycles. The van der Waals surface area contributed by atoms with Gasteiger partial charge < -0.3 is 10.1 Å². The van der Waals surface area contributed by atoms with Gasteiger partial charge in [-0.25, -0.2) is 9.97 Å². The molecule has 3 aromatic rings. The van der Waals surface area contributed by atoms with E-state index < -0.39 is 0 Å². The fourth-order valence-corrected chi connectivity index (χ4v) is 5.17. The van der Waals surface area contributed by atoms with Crippen LogP contribution in [-0.2, 0) is 0 Å². The number of aryl methyl sites for hydroxylation is 1. The molecule has 28 heavy (non-hydrogen) atoms. The van der Waals surface area contributed by atoms with Crippen LogP contribution in [0.3, 0.4) is 0 Å². The summed E-state index contributed by atoms with van der Waals surface area (Å²) in [5.41, 5.74) is 3.44. The maximum absolute atomic E-state index is 5.71. The number of aromatic nitrogens is 2. The molecule has 0 amide bonds. The highest BCUT2D eigenvalue weighted by Crippen LogP contribution is 2.38. The van der Waals surface area contributed by atoms with Gasteiger partial charge in [0.2, 0.25) is 0 Å². The number of rotatable bonds is 5. The van der Waals surface area contributed by atoms with Gasteiger partial charge in [0.05, 0.1) is 18.7 Å². The van der Waals surface area contributed by atoms with Crippen LogP contribution in [0.2, 0.25) is 0 Å². The van der Waals surface area contributed by atoms with E-state index in [1.165, 1.54) is 23.3 Å². The Morgan fingerprint density at radius 1 is 1.21 bits per heavy atom. The zero-order valence-electron chi connectivity index (χ0n) is 16.4. The summed E-state index contributed by atoms with van der Waals surface area (Å²) < 4.78 is 6.83. The van der Waals surface area contributed by atoms with Crippen LogP contribution in [0.5, 0.6) is 5.75 Å². The first-order valence-corrected chi connectivity index (χ1v) is 11.3. The van der Waals surface area contributed by atoms with Gasteiger partial charge in [0, 0.05) is 31.7 Å². The van der Waals surface area contributed by atoms with Crippen molar-refractivity contribution in [2.75, 3.05) is 12.4 Å². The van der Waals surface area contributed by atoms with Crippen LogP contribution in [0.1, 0.15) is 54.9 Å². The van der Waals surface area contributed by atoms with Crippen molar-refractivity contribution in [1.82, 2.24) is 9.97 Å². The Hall–Kier alpha value is -1.92. The monoisotopic (exact) mass is 457 g/mol. The number of halogens is 1. The summed E-state index contributed by atoms with van der Waals surface area (Å²) in [5, 5.41) is 6.75. The summed E-state index contributed by atoms with van der Waals surface area (Å²) in [6.07, 6.45) is 7.07. The number of benzene rings is 1. The number of hydrogen-bond donors (Lipinski definition) is 1. The smallest absolute Gasteiger partial charge is 0.138 e. The van der Waals surface area contributed by atoms with E-state index in [-0.39, 0.29) is 6.04 Å². The maximum Gasteiger partial charge on any atom is 0.138 e. The topological polar surface area (TPSA) is 47.0 Å². The Balaban J connectivity index is 1.80. The van der Waals surface area contributed by atoms with Crippen LogP contribution in [0.15, 0.2) is 34.1 Å². The van der Waals surface area contributed by atoms with Crippen LogP contribution in [0, 0.1) is 6.92 Å². The zero-order valence-corrected chi connectivity index (χ0v) is 18.8. The highest BCUT2D eigenvalue weighted by atomic mass is 79.9. The second-order valence-electron chi connectivity index (χ2n) is 7.20. The van der Waals surface area contributed by atoms with Crippen LogP contribution >= 0.6 is 27.3 Å². The summed E-state index contributed by atoms with van der Waals surface area (Å²) in [5.74, 6) is 2.51. The molecule has 6 heteroatoms. The Kier molecular flexibility index (Phi) is 5.69. The molecule has 2 heterocycles. The van der Waals surface area contributed by atoms with Crippen molar-refractivity contribution in [3.63, 3.8) is 0 Å². The van der Waals surface area contributed by atoms with Gasteiger partial charge in [-0.2, -0.15) is 0 Å². The van der Waals surface area contributed by atoms with E-state index in [1.54, 1.807) is 18.4 Å². The van der Waals surface area contributed by atoms with E-state index in [0.717, 1.165) is 51.2 Å². The third-order valence-electron chi connectivity index (χ3n) is 5.13. The molecule has 0 bridgehead atoms. The highest BCUT2D eigenvalue weighted by Gasteiger charge is 2.17. The number of thiophene rings is 1. The van der Waals surface area contributed by atoms with Gasteiger partial charge in [0.25, 0.3) is 0 Å². The van der Waals surface area contributed by atoms with Crippen LogP contribution in [0.25, 0.3) is 16.5 Å². The van der Waals surface area contributed by atoms with E-state index in [9.17, 15) is 0 Å². The Morgan fingerprint density at radius 3 is 2.75 bits per heavy atom. The molecule has 1 atom stereocenters. The van der Waals surface area contributed by atoms with E-state index in [1.807, 2.05) is 13.0 Å². The van der Waals surface area contributed by atoms with Crippen LogP contribution in [0.4, 0.5) is 5.82 Å². The summed E-state index contributed by atoms with van der Waals surface area (Å²) in [6.45, 7) is 4.09. The van der Waals surface area contributed by atoms with Crippen LogP contribution in [-0.4, -0.2) is 17.1 Å². The van der Waals surface area contributed by atoms with Crippen molar-refractivity contribution in [1.29, 1.82) is 0 Å². The molecule has 4 rings (SSSR count). The minimum Gasteiger partial charge on any atom is -0.496 e. The minimum atomic E-state index is 0.160. The largest absolute Gasteiger partial charge is 0.496 e. The zero-order chi connectivity index (χ0) is 19.7. The van der Waals surface area contributed by atoms with Gasteiger partial charge in [-0.05, 0) is 73.2 Å². The molecular weight excluding hydrogens is 434 g/mol. The molecule has 0 radical (unpaired) electrons. The van der Waals surface area contributed by atoms with Crippen molar-refractivity contribution >= 4 is 49.6 Å². The Bertz CT molecular complexity index is 1040. The number of hydrogen-bond acceptors (Lipinski definition) is 5. The lowest BCUT2D eigenvalue weighted by Gasteiger charge is -2.19. The van der Waals surface area contributed by atoms with E-state index in [0.29, 0.717) is 0 Å². The summed E-state index contributed by atoms with van der Waals surface area (Å²) >= 11 is 5.28. The number of fused-ring (bicyclic) bond motifs is 1. The molecule has 4 nitrogen and oxygen atoms in total. The van der Waals surface area contributed by atoms with Gasteiger partial charge >= 0.3 is 0 Å². The second kappa shape index (κ2) is 8.21. The van der Waals surface area contributed by atoms with Crippen molar-refractivity contribution in [2.24, 2.45) is 0 Å². The average molecular weight is 458 g/mol. The highest BCUT2D eigenvalue weighted by molar-refractivity contribution is 9.10. The lowest BCUT2D eigenvalue weighted by atomic mass is 9.92. The molecule has 0 unspecified atom stereocenters. The molecule has 1 aromatic carbocycles. The van der Waals surface area contributed by atoms with E-state index >= 15 is 0 Å². The number of nitrogens with one attached hydrogen (secondary N) is 1. The van der Waals surface area contributed by atoms with E-state index in [4.69, 9.17) is 9.72 Å². The molecule has 1 aliphatic carbocycles. The van der Waals surface area contributed by atoms with Gasteiger partial charge in [0.15, 0.2) is 0 Å². The summed E-state index contributed by atoms with van der Waals surface area (Å²) in [6, 6.07) is 6.56. The quantitative estimate of drug-likeness (QED) is 0.452. The first-order valence-electron chi connectivity index (χ1n) is 9.61. The average Bonchev–Trinajstić information content (AvgIpc) is 3.14. The van der Waals surface area contributed by atoms with Gasteiger partial charge in [0.1, 0.15) is 17.4 Å². The number of methoxy groups -OCH3 is 1. The molecule has 1 aliphatic rings. The third-order valence-corrected chi connectivity index (χ3v) is 7.01. The number of nitrogens with zero attached hydrogens (tertiary/aromatic N) is 2. The lowest BCUT2D eigenvalue weighted by molar-refractivity contribution is 0.413. The number of ether oxygens (including phenoxy) is 1. The van der Waals surface area contributed by atoms with Gasteiger partial charge in [-0.15, -0.1) is 11.3 Å². The van der Waals surface area contributed by atoms with Crippen molar-refractivity contribution in [3.05, 3.63) is 50.4 Å². The number of allylic oxidation sites excluding steroid dienone is 2. The standard InChI is InChI=1S/C22H24BrN3OS/c1-13(21-9-16(23)12-28-21)24-22-18-10-17(15-7-5-4-6-8-15)20(27-3)11-19(18)25-14(2)26-22/h7,9-13H,4-6,8H2,1-3H3,(H,24,25,26)/t13-/m1/s1. The summed E-state index contributed by atoms with van der Waals surface area (Å²) in [4.78, 5) is 10.6. The maximum atomic E-state index is 5.71. The third kappa shape index (κ3) is 3.94. The molecule has 0 saturated heterocycles. The number of anilines is 1. The van der Waals surface area contributed by atoms with Crippen molar-refractivity contribution < 1.29 is 4.74 Å². The van der Waals surface area contributed by atoms with Gasteiger partial charge in [-0.1, -0.05) is 6.08 Å². The molecule has 1 N–H and O–H groups in total. The molecule has 0 spiro atoms. The normalized spacial score (nSPS) is 15.4. The minimum absolute atomic E-state index is 0.160. The van der Waals surface area contributed by atoms with Crippen LogP contribution < -0.4 is 10.1 Å². The molecular formula is C22H24BrN3OS. The molecule has 0 aliphatic heterocycles. The first kappa shape index (κ1) is 19.4.